The first kappa shape index (κ1) is 11.5. The summed E-state index contributed by atoms with van der Waals surface area (Å²) >= 11 is 0. The Labute approximate surface area is 97.4 Å². The fourth-order valence-corrected chi connectivity index (χ4v) is 2.27. The van der Waals surface area contributed by atoms with Crippen LogP contribution in [-0.4, -0.2) is 50.3 Å². The van der Waals surface area contributed by atoms with Crippen molar-refractivity contribution in [3.63, 3.8) is 0 Å². The zero-order chi connectivity index (χ0) is 11.4. The molecule has 0 radical (unpaired) electrons. The Bertz CT molecular complexity index is 277. The van der Waals surface area contributed by atoms with E-state index in [2.05, 4.69) is 28.8 Å². The Kier molecular flexibility index (Phi) is 3.83. The third-order valence-electron chi connectivity index (χ3n) is 3.29. The third-order valence-corrected chi connectivity index (χ3v) is 3.29. The van der Waals surface area contributed by atoms with Crippen LogP contribution in [0.4, 0.5) is 0 Å². The van der Waals surface area contributed by atoms with Crippen molar-refractivity contribution < 1.29 is 4.74 Å². The Morgan fingerprint density at radius 3 is 3.31 bits per heavy atom. The number of nitrogens with one attached hydrogen (secondary N) is 1. The van der Waals surface area contributed by atoms with Crippen LogP contribution in [0.25, 0.3) is 0 Å². The van der Waals surface area contributed by atoms with Gasteiger partial charge in [-0.25, -0.2) is 0 Å². The molecule has 0 aliphatic carbocycles. The predicted molar refractivity (Wildman–Crippen MR) is 65.6 cm³/mol. The highest BCUT2D eigenvalue weighted by atomic mass is 16.5. The lowest BCUT2D eigenvalue weighted by molar-refractivity contribution is 0.128. The molecule has 0 saturated carbocycles. The van der Waals surface area contributed by atoms with E-state index in [0.29, 0.717) is 5.92 Å². The predicted octanol–water partition coefficient (Wildman–Crippen LogP) is 0.859. The normalized spacial score (nSPS) is 30.1. The summed E-state index contributed by atoms with van der Waals surface area (Å²) in [5.74, 6) is 1.57. The second kappa shape index (κ2) is 5.34. The van der Waals surface area contributed by atoms with Gasteiger partial charge in [-0.1, -0.05) is 6.08 Å². The molecular weight excluding hydrogens is 202 g/mol. The quantitative estimate of drug-likeness (QED) is 0.721. The van der Waals surface area contributed by atoms with Crippen LogP contribution in [0.5, 0.6) is 0 Å². The van der Waals surface area contributed by atoms with Gasteiger partial charge in [-0.3, -0.25) is 4.99 Å². The van der Waals surface area contributed by atoms with Crippen molar-refractivity contribution in [3.05, 3.63) is 12.7 Å². The molecule has 2 aliphatic rings. The Hall–Kier alpha value is -1.03. The highest BCUT2D eigenvalue weighted by molar-refractivity contribution is 5.80. The standard InChI is InChI=1S/C12H21N3O/c1-3-11-10(5-8-16-11)9-14-12-13-6-4-7-15(12)2/h3,10-11H,1,4-9H2,2H3,(H,13,14)/t10-,11-/m0/s1. The first-order valence-corrected chi connectivity index (χ1v) is 6.05. The molecule has 0 aromatic carbocycles. The average Bonchev–Trinajstić information content (AvgIpc) is 2.75. The van der Waals surface area contributed by atoms with Gasteiger partial charge in [0, 0.05) is 39.2 Å². The summed E-state index contributed by atoms with van der Waals surface area (Å²) in [5.41, 5.74) is 0. The molecule has 16 heavy (non-hydrogen) atoms. The molecule has 2 aliphatic heterocycles. The molecule has 2 heterocycles. The SMILES string of the molecule is C=C[C@@H]1OCC[C@H]1CNC1=NCCCN1C. The van der Waals surface area contributed by atoms with E-state index in [9.17, 15) is 0 Å². The molecular formula is C12H21N3O. The molecule has 0 spiro atoms. The summed E-state index contributed by atoms with van der Waals surface area (Å²) in [7, 11) is 2.08. The fourth-order valence-electron chi connectivity index (χ4n) is 2.27. The van der Waals surface area contributed by atoms with Gasteiger partial charge in [-0.15, -0.1) is 6.58 Å². The second-order valence-corrected chi connectivity index (χ2v) is 4.48. The van der Waals surface area contributed by atoms with E-state index in [-0.39, 0.29) is 6.10 Å². The molecule has 0 aromatic heterocycles. The molecule has 1 saturated heterocycles. The number of nitrogens with zero attached hydrogens (tertiary/aromatic N) is 2. The van der Waals surface area contributed by atoms with E-state index >= 15 is 0 Å². The van der Waals surface area contributed by atoms with Crippen molar-refractivity contribution in [1.29, 1.82) is 0 Å². The van der Waals surface area contributed by atoms with Gasteiger partial charge in [-0.05, 0) is 12.8 Å². The summed E-state index contributed by atoms with van der Waals surface area (Å²) in [6.45, 7) is 7.63. The lowest BCUT2D eigenvalue weighted by atomic mass is 10.0. The first-order valence-electron chi connectivity index (χ1n) is 6.05. The van der Waals surface area contributed by atoms with E-state index in [4.69, 9.17) is 4.74 Å². The zero-order valence-corrected chi connectivity index (χ0v) is 9.98. The van der Waals surface area contributed by atoms with Crippen LogP contribution in [0, 0.1) is 5.92 Å². The molecule has 0 bridgehead atoms. The molecule has 4 nitrogen and oxygen atoms in total. The van der Waals surface area contributed by atoms with Gasteiger partial charge in [0.1, 0.15) is 0 Å². The van der Waals surface area contributed by atoms with E-state index in [1.807, 2.05) is 6.08 Å². The van der Waals surface area contributed by atoms with Gasteiger partial charge < -0.3 is 15.0 Å². The summed E-state index contributed by atoms with van der Waals surface area (Å²) in [4.78, 5) is 6.67. The maximum Gasteiger partial charge on any atom is 0.193 e. The van der Waals surface area contributed by atoms with Gasteiger partial charge >= 0.3 is 0 Å². The molecule has 2 rings (SSSR count). The minimum atomic E-state index is 0.210. The monoisotopic (exact) mass is 223 g/mol. The van der Waals surface area contributed by atoms with E-state index < -0.39 is 0 Å². The Morgan fingerprint density at radius 2 is 2.56 bits per heavy atom. The van der Waals surface area contributed by atoms with Gasteiger partial charge in [0.15, 0.2) is 5.96 Å². The van der Waals surface area contributed by atoms with Gasteiger partial charge in [0.25, 0.3) is 0 Å². The minimum absolute atomic E-state index is 0.210. The molecule has 1 fully saturated rings. The van der Waals surface area contributed by atoms with Crippen LogP contribution in [0.1, 0.15) is 12.8 Å². The van der Waals surface area contributed by atoms with Crippen molar-refractivity contribution in [3.8, 4) is 0 Å². The molecule has 2 atom stereocenters. The number of hydrogen-bond donors (Lipinski definition) is 1. The number of guanidine groups is 1. The number of aliphatic imine (C=N–C) groups is 1. The zero-order valence-electron chi connectivity index (χ0n) is 9.98. The summed E-state index contributed by atoms with van der Waals surface area (Å²) < 4.78 is 5.57. The summed E-state index contributed by atoms with van der Waals surface area (Å²) in [5, 5.41) is 3.43. The van der Waals surface area contributed by atoms with Crippen molar-refractivity contribution in [1.82, 2.24) is 10.2 Å². The second-order valence-electron chi connectivity index (χ2n) is 4.48. The number of hydrogen-bond acceptors (Lipinski definition) is 4. The number of ether oxygens (including phenoxy) is 1. The lowest BCUT2D eigenvalue weighted by Crippen LogP contribution is -2.44. The van der Waals surface area contributed by atoms with Crippen LogP contribution in [0.3, 0.4) is 0 Å². The largest absolute Gasteiger partial charge is 0.374 e. The minimum Gasteiger partial charge on any atom is -0.374 e. The van der Waals surface area contributed by atoms with Crippen LogP contribution in [0.2, 0.25) is 0 Å². The van der Waals surface area contributed by atoms with E-state index in [0.717, 1.165) is 45.0 Å². The molecule has 4 heteroatoms. The smallest absolute Gasteiger partial charge is 0.193 e. The van der Waals surface area contributed by atoms with Crippen molar-refractivity contribution >= 4 is 5.96 Å². The van der Waals surface area contributed by atoms with Crippen LogP contribution in [0.15, 0.2) is 17.6 Å². The highest BCUT2D eigenvalue weighted by Crippen LogP contribution is 2.20. The average molecular weight is 223 g/mol. The van der Waals surface area contributed by atoms with Gasteiger partial charge in [0.2, 0.25) is 0 Å². The topological polar surface area (TPSA) is 36.9 Å². The lowest BCUT2D eigenvalue weighted by Gasteiger charge is -2.27. The van der Waals surface area contributed by atoms with Crippen molar-refractivity contribution in [2.24, 2.45) is 10.9 Å². The summed E-state index contributed by atoms with van der Waals surface area (Å²) in [6, 6.07) is 0. The maximum atomic E-state index is 5.57. The van der Waals surface area contributed by atoms with E-state index in [1.165, 1.54) is 0 Å². The maximum absolute atomic E-state index is 5.57. The van der Waals surface area contributed by atoms with Crippen molar-refractivity contribution in [2.45, 2.75) is 18.9 Å². The van der Waals surface area contributed by atoms with Gasteiger partial charge in [0.05, 0.1) is 6.10 Å². The molecule has 0 aromatic rings. The first-order chi connectivity index (χ1) is 7.81. The van der Waals surface area contributed by atoms with Crippen molar-refractivity contribution in [2.75, 3.05) is 33.3 Å². The third kappa shape index (κ3) is 2.55. The molecule has 1 N–H and O–H groups in total. The number of rotatable bonds is 3. The molecule has 0 amide bonds. The van der Waals surface area contributed by atoms with Crippen LogP contribution in [-0.2, 0) is 4.74 Å². The van der Waals surface area contributed by atoms with Crippen LogP contribution < -0.4 is 5.32 Å². The Morgan fingerprint density at radius 1 is 1.69 bits per heavy atom. The van der Waals surface area contributed by atoms with Gasteiger partial charge in [-0.2, -0.15) is 0 Å². The van der Waals surface area contributed by atoms with Crippen LogP contribution >= 0.6 is 0 Å². The molecule has 90 valence electrons. The fraction of sp³-hybridized carbons (Fsp3) is 0.750. The summed E-state index contributed by atoms with van der Waals surface area (Å²) in [6.07, 6.45) is 4.39. The molecule has 0 unspecified atom stereocenters. The Balaban J connectivity index is 1.82. The van der Waals surface area contributed by atoms with E-state index in [1.54, 1.807) is 0 Å². The highest BCUT2D eigenvalue weighted by Gasteiger charge is 2.26.